The van der Waals surface area contributed by atoms with Crippen LogP contribution in [0.2, 0.25) is 5.02 Å². The van der Waals surface area contributed by atoms with Crippen molar-refractivity contribution in [1.82, 2.24) is 4.98 Å². The van der Waals surface area contributed by atoms with Crippen LogP contribution >= 0.6 is 11.6 Å². The molecule has 0 aliphatic heterocycles. The average molecular weight is 244 g/mol. The van der Waals surface area contributed by atoms with E-state index in [1.165, 1.54) is 0 Å². The molecule has 0 unspecified atom stereocenters. The Kier molecular flexibility index (Phi) is 5.35. The molecule has 0 amide bonds. The van der Waals surface area contributed by atoms with E-state index in [-0.39, 0.29) is 6.61 Å². The van der Waals surface area contributed by atoms with Crippen LogP contribution in [0.1, 0.15) is 19.3 Å². The fraction of sp³-hybridized carbons (Fsp3) is 0.545. The highest BCUT2D eigenvalue weighted by Crippen LogP contribution is 2.24. The number of pyridine rings is 1. The highest BCUT2D eigenvalue weighted by molar-refractivity contribution is 6.33. The molecule has 1 rings (SSSR count). The van der Waals surface area contributed by atoms with Gasteiger partial charge >= 0.3 is 0 Å². The van der Waals surface area contributed by atoms with Gasteiger partial charge in [-0.15, -0.1) is 0 Å². The van der Waals surface area contributed by atoms with Gasteiger partial charge in [-0.3, -0.25) is 0 Å². The van der Waals surface area contributed by atoms with Crippen LogP contribution in [0.4, 0.5) is 11.5 Å². The number of unbranched alkanes of at least 4 members (excludes halogenated alkanes) is 2. The number of hydrogen-bond donors (Lipinski definition) is 2. The van der Waals surface area contributed by atoms with Crippen molar-refractivity contribution in [1.29, 1.82) is 0 Å². The zero-order chi connectivity index (χ0) is 12.0. The number of anilines is 2. The van der Waals surface area contributed by atoms with Crippen LogP contribution in [0.25, 0.3) is 0 Å². The molecule has 1 aromatic rings. The van der Waals surface area contributed by atoms with Crippen LogP contribution in [-0.2, 0) is 0 Å². The van der Waals surface area contributed by atoms with Gasteiger partial charge in [0.05, 0.1) is 16.9 Å². The Morgan fingerprint density at radius 2 is 2.19 bits per heavy atom. The number of halogens is 1. The van der Waals surface area contributed by atoms with Crippen LogP contribution in [0.3, 0.4) is 0 Å². The number of aromatic nitrogens is 1. The number of hydrogen-bond acceptors (Lipinski definition) is 4. The van der Waals surface area contributed by atoms with Gasteiger partial charge in [-0.2, -0.15) is 0 Å². The molecule has 0 radical (unpaired) electrons. The van der Waals surface area contributed by atoms with Crippen molar-refractivity contribution >= 4 is 23.1 Å². The largest absolute Gasteiger partial charge is 0.397 e. The second-order valence-corrected chi connectivity index (χ2v) is 4.19. The SMILES string of the molecule is CN(CCCCCO)c1ncc(N)cc1Cl. The van der Waals surface area contributed by atoms with Crippen molar-refractivity contribution in [2.75, 3.05) is 30.8 Å². The fourth-order valence-electron chi connectivity index (χ4n) is 1.47. The van der Waals surface area contributed by atoms with Gasteiger partial charge in [0.15, 0.2) is 0 Å². The van der Waals surface area contributed by atoms with E-state index < -0.39 is 0 Å². The van der Waals surface area contributed by atoms with E-state index in [0.29, 0.717) is 10.7 Å². The molecule has 0 saturated carbocycles. The number of nitrogens with zero attached hydrogens (tertiary/aromatic N) is 2. The van der Waals surface area contributed by atoms with E-state index in [4.69, 9.17) is 22.4 Å². The van der Waals surface area contributed by atoms with E-state index in [9.17, 15) is 0 Å². The van der Waals surface area contributed by atoms with Gasteiger partial charge in [0.25, 0.3) is 0 Å². The van der Waals surface area contributed by atoms with Gasteiger partial charge in [0, 0.05) is 20.2 Å². The summed E-state index contributed by atoms with van der Waals surface area (Å²) in [6.07, 6.45) is 4.47. The first-order valence-electron chi connectivity index (χ1n) is 5.38. The van der Waals surface area contributed by atoms with Crippen molar-refractivity contribution in [2.45, 2.75) is 19.3 Å². The van der Waals surface area contributed by atoms with Crippen LogP contribution in [0.5, 0.6) is 0 Å². The van der Waals surface area contributed by atoms with Crippen LogP contribution < -0.4 is 10.6 Å². The molecule has 0 fully saturated rings. The third kappa shape index (κ3) is 3.87. The minimum absolute atomic E-state index is 0.255. The number of aliphatic hydroxyl groups excluding tert-OH is 1. The maximum atomic E-state index is 8.66. The molecule has 0 spiro atoms. The first kappa shape index (κ1) is 13.1. The Balaban J connectivity index is 2.49. The summed E-state index contributed by atoms with van der Waals surface area (Å²) in [4.78, 5) is 6.20. The number of nitrogen functional groups attached to an aromatic ring is 1. The molecule has 0 saturated heterocycles. The molecular weight excluding hydrogens is 226 g/mol. The zero-order valence-corrected chi connectivity index (χ0v) is 10.2. The fourth-order valence-corrected chi connectivity index (χ4v) is 1.79. The van der Waals surface area contributed by atoms with Crippen molar-refractivity contribution in [2.24, 2.45) is 0 Å². The second kappa shape index (κ2) is 6.55. The molecule has 1 heterocycles. The quantitative estimate of drug-likeness (QED) is 0.750. The van der Waals surface area contributed by atoms with Crippen LogP contribution in [0, 0.1) is 0 Å². The van der Waals surface area contributed by atoms with Crippen molar-refractivity contribution < 1.29 is 5.11 Å². The van der Waals surface area contributed by atoms with E-state index in [0.717, 1.165) is 31.6 Å². The topological polar surface area (TPSA) is 62.4 Å². The predicted molar refractivity (Wildman–Crippen MR) is 67.9 cm³/mol. The maximum Gasteiger partial charge on any atom is 0.147 e. The third-order valence-electron chi connectivity index (χ3n) is 2.36. The minimum Gasteiger partial charge on any atom is -0.397 e. The molecular formula is C11H18ClN3O. The van der Waals surface area contributed by atoms with Gasteiger partial charge in [0.1, 0.15) is 5.82 Å². The van der Waals surface area contributed by atoms with Gasteiger partial charge in [-0.05, 0) is 25.3 Å². The first-order chi connectivity index (χ1) is 7.65. The van der Waals surface area contributed by atoms with Crippen molar-refractivity contribution in [3.63, 3.8) is 0 Å². The lowest BCUT2D eigenvalue weighted by Gasteiger charge is -2.19. The Hall–Kier alpha value is -1.00. The molecule has 16 heavy (non-hydrogen) atoms. The number of nitrogens with two attached hydrogens (primary N) is 1. The molecule has 0 aliphatic rings. The summed E-state index contributed by atoms with van der Waals surface area (Å²) in [6, 6.07) is 1.70. The molecule has 0 bridgehead atoms. The second-order valence-electron chi connectivity index (χ2n) is 3.78. The van der Waals surface area contributed by atoms with Gasteiger partial charge in [0.2, 0.25) is 0 Å². The number of rotatable bonds is 6. The highest BCUT2D eigenvalue weighted by atomic mass is 35.5. The zero-order valence-electron chi connectivity index (χ0n) is 9.49. The number of aliphatic hydroxyl groups is 1. The lowest BCUT2D eigenvalue weighted by atomic mass is 10.2. The first-order valence-corrected chi connectivity index (χ1v) is 5.76. The lowest BCUT2D eigenvalue weighted by molar-refractivity contribution is 0.283. The summed E-state index contributed by atoms with van der Waals surface area (Å²) in [5.74, 6) is 0.750. The summed E-state index contributed by atoms with van der Waals surface area (Å²) >= 11 is 6.04. The molecule has 1 aromatic heterocycles. The van der Waals surface area contributed by atoms with Crippen molar-refractivity contribution in [3.05, 3.63) is 17.3 Å². The van der Waals surface area contributed by atoms with E-state index in [2.05, 4.69) is 4.98 Å². The van der Waals surface area contributed by atoms with E-state index in [1.54, 1.807) is 12.3 Å². The summed E-state index contributed by atoms with van der Waals surface area (Å²) < 4.78 is 0. The normalized spacial score (nSPS) is 10.4. The van der Waals surface area contributed by atoms with Crippen LogP contribution in [0.15, 0.2) is 12.3 Å². The van der Waals surface area contributed by atoms with E-state index >= 15 is 0 Å². The lowest BCUT2D eigenvalue weighted by Crippen LogP contribution is -2.20. The Labute approximate surface area is 101 Å². The maximum absolute atomic E-state index is 8.66. The monoisotopic (exact) mass is 243 g/mol. The Morgan fingerprint density at radius 3 is 2.81 bits per heavy atom. The molecule has 4 nitrogen and oxygen atoms in total. The molecule has 90 valence electrons. The van der Waals surface area contributed by atoms with E-state index in [1.807, 2.05) is 11.9 Å². The predicted octanol–water partition coefficient (Wildman–Crippen LogP) is 1.92. The standard InChI is InChI=1S/C11H18ClN3O/c1-15(5-3-2-4-6-16)11-10(12)7-9(13)8-14-11/h7-8,16H,2-6,13H2,1H3. The Morgan fingerprint density at radius 1 is 1.44 bits per heavy atom. The smallest absolute Gasteiger partial charge is 0.147 e. The minimum atomic E-state index is 0.255. The van der Waals surface area contributed by atoms with Gasteiger partial charge in [-0.1, -0.05) is 11.6 Å². The summed E-state index contributed by atoms with van der Waals surface area (Å²) in [5.41, 5.74) is 6.15. The van der Waals surface area contributed by atoms with Crippen molar-refractivity contribution in [3.8, 4) is 0 Å². The summed E-state index contributed by atoms with van der Waals surface area (Å²) in [7, 11) is 1.95. The molecule has 5 heteroatoms. The van der Waals surface area contributed by atoms with Gasteiger partial charge in [-0.25, -0.2) is 4.98 Å². The third-order valence-corrected chi connectivity index (χ3v) is 2.63. The molecule has 0 aromatic carbocycles. The Bertz CT molecular complexity index is 333. The average Bonchev–Trinajstić information content (AvgIpc) is 2.24. The van der Waals surface area contributed by atoms with Gasteiger partial charge < -0.3 is 15.7 Å². The summed E-state index contributed by atoms with van der Waals surface area (Å²) in [5, 5.41) is 9.24. The highest BCUT2D eigenvalue weighted by Gasteiger charge is 2.07. The molecule has 0 aliphatic carbocycles. The summed E-state index contributed by atoms with van der Waals surface area (Å²) in [6.45, 7) is 1.13. The molecule has 0 atom stereocenters. The van der Waals surface area contributed by atoms with Crippen LogP contribution in [-0.4, -0.2) is 30.3 Å². The molecule has 3 N–H and O–H groups in total.